The number of rotatable bonds is 1. The van der Waals surface area contributed by atoms with E-state index in [-0.39, 0.29) is 5.41 Å². The molecule has 0 aromatic carbocycles. The van der Waals surface area contributed by atoms with Crippen molar-refractivity contribution in [3.8, 4) is 0 Å². The standard InChI is InChI=1S/C11H18N2S2/c1-3-13-9(14)8-11(10(13)15)4-6-12(2)7-5-11/h3-8H2,1-2H3. The molecule has 0 aromatic rings. The molecule has 2 heterocycles. The van der Waals surface area contributed by atoms with Crippen LogP contribution in [0.3, 0.4) is 0 Å². The Morgan fingerprint density at radius 2 is 1.87 bits per heavy atom. The molecule has 0 radical (unpaired) electrons. The number of hydrogen-bond acceptors (Lipinski definition) is 3. The Balaban J connectivity index is 2.17. The molecule has 2 aliphatic rings. The first-order valence-electron chi connectivity index (χ1n) is 5.62. The highest BCUT2D eigenvalue weighted by molar-refractivity contribution is 7.82. The summed E-state index contributed by atoms with van der Waals surface area (Å²) < 4.78 is 0. The van der Waals surface area contributed by atoms with E-state index in [2.05, 4.69) is 23.8 Å². The molecule has 1 spiro atoms. The van der Waals surface area contributed by atoms with Crippen LogP contribution in [0.2, 0.25) is 0 Å². The van der Waals surface area contributed by atoms with Gasteiger partial charge in [0, 0.05) is 18.4 Å². The van der Waals surface area contributed by atoms with Crippen LogP contribution in [0.1, 0.15) is 26.2 Å². The molecule has 0 aromatic heterocycles. The first-order valence-corrected chi connectivity index (χ1v) is 6.44. The molecule has 2 saturated heterocycles. The third-order valence-electron chi connectivity index (χ3n) is 3.75. The second-order valence-corrected chi connectivity index (χ2v) is 5.56. The zero-order valence-corrected chi connectivity index (χ0v) is 11.1. The number of likely N-dealkylation sites (tertiary alicyclic amines) is 2. The van der Waals surface area contributed by atoms with E-state index in [9.17, 15) is 0 Å². The predicted molar refractivity (Wildman–Crippen MR) is 71.4 cm³/mol. The summed E-state index contributed by atoms with van der Waals surface area (Å²) in [6.45, 7) is 5.38. The second kappa shape index (κ2) is 4.07. The van der Waals surface area contributed by atoms with Crippen molar-refractivity contribution in [1.29, 1.82) is 0 Å². The Morgan fingerprint density at radius 1 is 1.27 bits per heavy atom. The lowest BCUT2D eigenvalue weighted by atomic mass is 9.78. The monoisotopic (exact) mass is 242 g/mol. The van der Waals surface area contributed by atoms with E-state index in [1.807, 2.05) is 0 Å². The van der Waals surface area contributed by atoms with E-state index in [4.69, 9.17) is 24.4 Å². The summed E-state index contributed by atoms with van der Waals surface area (Å²) in [6.07, 6.45) is 3.38. The fourth-order valence-corrected chi connectivity index (χ4v) is 3.69. The Hall–Kier alpha value is -0.0600. The molecule has 0 bridgehead atoms. The fraction of sp³-hybridized carbons (Fsp3) is 0.818. The Kier molecular flexibility index (Phi) is 3.10. The maximum absolute atomic E-state index is 5.61. The zero-order valence-electron chi connectivity index (χ0n) is 9.45. The van der Waals surface area contributed by atoms with Gasteiger partial charge in [0.2, 0.25) is 0 Å². The van der Waals surface area contributed by atoms with Crippen molar-refractivity contribution in [2.45, 2.75) is 26.2 Å². The summed E-state index contributed by atoms with van der Waals surface area (Å²) in [5.74, 6) is 0. The van der Waals surface area contributed by atoms with Crippen LogP contribution in [0.15, 0.2) is 0 Å². The zero-order chi connectivity index (χ0) is 11.1. The Labute approximate surface area is 103 Å². The van der Waals surface area contributed by atoms with E-state index >= 15 is 0 Å². The summed E-state index contributed by atoms with van der Waals surface area (Å²) in [5.41, 5.74) is 0.231. The van der Waals surface area contributed by atoms with Gasteiger partial charge in [-0.15, -0.1) is 0 Å². The van der Waals surface area contributed by atoms with E-state index in [0.717, 1.165) is 36.0 Å². The highest BCUT2D eigenvalue weighted by atomic mass is 32.1. The van der Waals surface area contributed by atoms with Crippen molar-refractivity contribution in [3.63, 3.8) is 0 Å². The van der Waals surface area contributed by atoms with Gasteiger partial charge in [-0.1, -0.05) is 24.4 Å². The van der Waals surface area contributed by atoms with Crippen LogP contribution in [0.25, 0.3) is 0 Å². The third kappa shape index (κ3) is 1.83. The SMILES string of the molecule is CCN1C(=S)CC2(CCN(C)CC2)C1=S. The van der Waals surface area contributed by atoms with E-state index in [1.54, 1.807) is 0 Å². The molecule has 84 valence electrons. The maximum atomic E-state index is 5.61. The Morgan fingerprint density at radius 3 is 2.33 bits per heavy atom. The van der Waals surface area contributed by atoms with E-state index < -0.39 is 0 Å². The van der Waals surface area contributed by atoms with Crippen LogP contribution in [-0.2, 0) is 0 Å². The second-order valence-electron chi connectivity index (χ2n) is 4.70. The molecule has 2 fully saturated rings. The minimum absolute atomic E-state index is 0.231. The third-order valence-corrected chi connectivity index (χ3v) is 4.77. The van der Waals surface area contributed by atoms with Crippen LogP contribution in [0, 0.1) is 5.41 Å². The highest BCUT2D eigenvalue weighted by Gasteiger charge is 2.46. The van der Waals surface area contributed by atoms with Gasteiger partial charge in [0.1, 0.15) is 0 Å². The maximum Gasteiger partial charge on any atom is 0.0895 e. The lowest BCUT2D eigenvalue weighted by Gasteiger charge is -2.37. The molecule has 0 N–H and O–H groups in total. The Bertz CT molecular complexity index is 293. The summed E-state index contributed by atoms with van der Waals surface area (Å²) in [5, 5.41) is 0. The van der Waals surface area contributed by atoms with E-state index in [1.165, 1.54) is 12.8 Å². The number of hydrogen-bond donors (Lipinski definition) is 0. The molecule has 0 saturated carbocycles. The van der Waals surface area contributed by atoms with Crippen molar-refractivity contribution in [2.75, 3.05) is 26.7 Å². The fourth-order valence-electron chi connectivity index (χ4n) is 2.62. The molecule has 2 nitrogen and oxygen atoms in total. The van der Waals surface area contributed by atoms with Crippen LogP contribution >= 0.6 is 24.4 Å². The largest absolute Gasteiger partial charge is 0.330 e. The molecular weight excluding hydrogens is 224 g/mol. The van der Waals surface area contributed by atoms with Gasteiger partial charge < -0.3 is 9.80 Å². The summed E-state index contributed by atoms with van der Waals surface area (Å²) >= 11 is 11.0. The van der Waals surface area contributed by atoms with Gasteiger partial charge in [-0.25, -0.2) is 0 Å². The topological polar surface area (TPSA) is 6.48 Å². The number of thiocarbonyl (C=S) groups is 2. The first-order chi connectivity index (χ1) is 7.09. The molecule has 4 heteroatoms. The molecular formula is C11H18N2S2. The predicted octanol–water partition coefficient (Wildman–Crippen LogP) is 2.08. The first kappa shape index (κ1) is 11.4. The lowest BCUT2D eigenvalue weighted by Crippen LogP contribution is -2.42. The van der Waals surface area contributed by atoms with Crippen molar-refractivity contribution < 1.29 is 0 Å². The summed E-state index contributed by atoms with van der Waals surface area (Å²) in [6, 6.07) is 0. The van der Waals surface area contributed by atoms with Gasteiger partial charge in [0.05, 0.1) is 9.98 Å². The number of nitrogens with zero attached hydrogens (tertiary/aromatic N) is 2. The molecule has 15 heavy (non-hydrogen) atoms. The summed E-state index contributed by atoms with van der Waals surface area (Å²) in [4.78, 5) is 6.72. The van der Waals surface area contributed by atoms with Crippen LogP contribution in [-0.4, -0.2) is 46.5 Å². The average Bonchev–Trinajstić information content (AvgIpc) is 2.44. The summed E-state index contributed by atoms with van der Waals surface area (Å²) in [7, 11) is 2.18. The molecule has 0 amide bonds. The van der Waals surface area contributed by atoms with E-state index in [0.29, 0.717) is 0 Å². The van der Waals surface area contributed by atoms with Gasteiger partial charge >= 0.3 is 0 Å². The van der Waals surface area contributed by atoms with Crippen molar-refractivity contribution >= 4 is 34.4 Å². The smallest absolute Gasteiger partial charge is 0.0895 e. The van der Waals surface area contributed by atoms with Crippen LogP contribution < -0.4 is 0 Å². The molecule has 0 unspecified atom stereocenters. The molecule has 0 aliphatic carbocycles. The van der Waals surface area contributed by atoms with Gasteiger partial charge in [0.25, 0.3) is 0 Å². The van der Waals surface area contributed by atoms with Gasteiger partial charge in [-0.3, -0.25) is 0 Å². The quantitative estimate of drug-likeness (QED) is 0.649. The van der Waals surface area contributed by atoms with Gasteiger partial charge in [-0.2, -0.15) is 0 Å². The van der Waals surface area contributed by atoms with Gasteiger partial charge in [-0.05, 0) is 39.9 Å². The molecule has 2 aliphatic heterocycles. The van der Waals surface area contributed by atoms with Crippen molar-refractivity contribution in [2.24, 2.45) is 5.41 Å². The van der Waals surface area contributed by atoms with Crippen LogP contribution in [0.4, 0.5) is 0 Å². The van der Waals surface area contributed by atoms with Crippen molar-refractivity contribution in [3.05, 3.63) is 0 Å². The van der Waals surface area contributed by atoms with Gasteiger partial charge in [0.15, 0.2) is 0 Å². The van der Waals surface area contributed by atoms with Crippen LogP contribution in [0.5, 0.6) is 0 Å². The molecule has 2 rings (SSSR count). The molecule has 0 atom stereocenters. The lowest BCUT2D eigenvalue weighted by molar-refractivity contribution is 0.189. The average molecular weight is 242 g/mol. The highest BCUT2D eigenvalue weighted by Crippen LogP contribution is 2.43. The minimum Gasteiger partial charge on any atom is -0.330 e. The minimum atomic E-state index is 0.231. The normalized spacial score (nSPS) is 26.7. The number of piperidine rings is 1. The van der Waals surface area contributed by atoms with Crippen molar-refractivity contribution in [1.82, 2.24) is 9.80 Å².